The van der Waals surface area contributed by atoms with Crippen molar-refractivity contribution in [3.05, 3.63) is 0 Å². The van der Waals surface area contributed by atoms with Gasteiger partial charge in [0.1, 0.15) is 0 Å². The third-order valence-corrected chi connectivity index (χ3v) is 4.23. The molecule has 0 radical (unpaired) electrons. The normalized spacial score (nSPS) is 15.1. The maximum atomic E-state index is 12.2. The van der Waals surface area contributed by atoms with Crippen molar-refractivity contribution in [3.63, 3.8) is 0 Å². The van der Waals surface area contributed by atoms with E-state index in [2.05, 4.69) is 39.9 Å². The zero-order valence-electron chi connectivity index (χ0n) is 11.7. The standard InChI is InChI=1S/C13H27NO2S/c1-6-17-12(10(4)5)13(16)14-11(7-8-15)9(2)3/h9-12,15H,6-8H2,1-5H3,(H,14,16). The first kappa shape index (κ1) is 16.8. The molecule has 0 aliphatic heterocycles. The molecule has 2 atom stereocenters. The number of aliphatic hydroxyl groups is 1. The number of hydrogen-bond donors (Lipinski definition) is 2. The van der Waals surface area contributed by atoms with Crippen LogP contribution in [0.15, 0.2) is 0 Å². The lowest BCUT2D eigenvalue weighted by molar-refractivity contribution is -0.122. The van der Waals surface area contributed by atoms with Crippen LogP contribution in [0.1, 0.15) is 41.0 Å². The third-order valence-electron chi connectivity index (χ3n) is 2.78. The Bertz CT molecular complexity index is 219. The van der Waals surface area contributed by atoms with E-state index in [-0.39, 0.29) is 23.8 Å². The van der Waals surface area contributed by atoms with E-state index in [0.717, 1.165) is 5.75 Å². The molecule has 4 heteroatoms. The van der Waals surface area contributed by atoms with Gasteiger partial charge in [-0.2, -0.15) is 0 Å². The highest BCUT2D eigenvalue weighted by Gasteiger charge is 2.25. The summed E-state index contributed by atoms with van der Waals surface area (Å²) in [6.45, 7) is 10.5. The van der Waals surface area contributed by atoms with Crippen LogP contribution in [0.25, 0.3) is 0 Å². The second-order valence-corrected chi connectivity index (χ2v) is 6.41. The quantitative estimate of drug-likeness (QED) is 0.705. The van der Waals surface area contributed by atoms with E-state index in [1.165, 1.54) is 0 Å². The van der Waals surface area contributed by atoms with Crippen LogP contribution in [0, 0.1) is 11.8 Å². The number of carbonyl (C=O) groups is 1. The second-order valence-electron chi connectivity index (χ2n) is 4.99. The minimum atomic E-state index is 0.0138. The Morgan fingerprint density at radius 1 is 1.24 bits per heavy atom. The third kappa shape index (κ3) is 6.32. The molecule has 102 valence electrons. The fourth-order valence-corrected chi connectivity index (χ4v) is 2.69. The summed E-state index contributed by atoms with van der Waals surface area (Å²) in [6, 6.07) is 0.0752. The van der Waals surface area contributed by atoms with Crippen molar-refractivity contribution in [2.24, 2.45) is 11.8 Å². The fourth-order valence-electron chi connectivity index (χ4n) is 1.73. The van der Waals surface area contributed by atoms with Crippen molar-refractivity contribution in [2.75, 3.05) is 12.4 Å². The molecule has 0 aromatic carbocycles. The summed E-state index contributed by atoms with van der Waals surface area (Å²) in [7, 11) is 0. The first-order valence-electron chi connectivity index (χ1n) is 6.46. The van der Waals surface area contributed by atoms with E-state index < -0.39 is 0 Å². The summed E-state index contributed by atoms with van der Waals surface area (Å²) in [6.07, 6.45) is 0.630. The average Bonchev–Trinajstić information content (AvgIpc) is 2.24. The first-order valence-corrected chi connectivity index (χ1v) is 7.51. The van der Waals surface area contributed by atoms with Crippen molar-refractivity contribution in [1.82, 2.24) is 5.32 Å². The van der Waals surface area contributed by atoms with Crippen LogP contribution in [0.2, 0.25) is 0 Å². The van der Waals surface area contributed by atoms with Gasteiger partial charge in [-0.25, -0.2) is 0 Å². The van der Waals surface area contributed by atoms with E-state index in [4.69, 9.17) is 5.11 Å². The predicted molar refractivity (Wildman–Crippen MR) is 75.2 cm³/mol. The van der Waals surface area contributed by atoms with Gasteiger partial charge >= 0.3 is 0 Å². The SMILES string of the molecule is CCSC(C(=O)NC(CCO)C(C)C)C(C)C. The van der Waals surface area contributed by atoms with Crippen LogP contribution in [0.3, 0.4) is 0 Å². The van der Waals surface area contributed by atoms with E-state index in [9.17, 15) is 4.79 Å². The van der Waals surface area contributed by atoms with Crippen LogP contribution >= 0.6 is 11.8 Å². The fraction of sp³-hybridized carbons (Fsp3) is 0.923. The molecule has 0 aliphatic carbocycles. The number of aliphatic hydroxyl groups excluding tert-OH is 1. The molecule has 2 unspecified atom stereocenters. The van der Waals surface area contributed by atoms with Gasteiger partial charge in [-0.1, -0.05) is 34.6 Å². The van der Waals surface area contributed by atoms with Crippen molar-refractivity contribution < 1.29 is 9.90 Å². The molecule has 3 nitrogen and oxygen atoms in total. The number of hydrogen-bond acceptors (Lipinski definition) is 3. The van der Waals surface area contributed by atoms with Crippen molar-refractivity contribution in [1.29, 1.82) is 0 Å². The molecule has 0 saturated carbocycles. The van der Waals surface area contributed by atoms with Gasteiger partial charge in [-0.05, 0) is 24.0 Å². The number of nitrogens with one attached hydrogen (secondary N) is 1. The molecular formula is C13H27NO2S. The van der Waals surface area contributed by atoms with Crippen LogP contribution in [-0.4, -0.2) is 34.7 Å². The summed E-state index contributed by atoms with van der Waals surface area (Å²) >= 11 is 1.69. The summed E-state index contributed by atoms with van der Waals surface area (Å²) < 4.78 is 0. The number of amides is 1. The van der Waals surface area contributed by atoms with Crippen LogP contribution in [0.5, 0.6) is 0 Å². The topological polar surface area (TPSA) is 49.3 Å². The summed E-state index contributed by atoms with van der Waals surface area (Å²) in [5.74, 6) is 1.74. The summed E-state index contributed by atoms with van der Waals surface area (Å²) in [5.41, 5.74) is 0. The van der Waals surface area contributed by atoms with E-state index in [0.29, 0.717) is 18.3 Å². The van der Waals surface area contributed by atoms with Gasteiger partial charge in [0.2, 0.25) is 5.91 Å². The van der Waals surface area contributed by atoms with Crippen LogP contribution in [0.4, 0.5) is 0 Å². The molecule has 1 amide bonds. The maximum Gasteiger partial charge on any atom is 0.233 e. The number of rotatable bonds is 8. The predicted octanol–water partition coefficient (Wildman–Crippen LogP) is 2.29. The Hall–Kier alpha value is -0.220. The van der Waals surface area contributed by atoms with E-state index in [1.807, 2.05) is 0 Å². The van der Waals surface area contributed by atoms with Gasteiger partial charge in [0.15, 0.2) is 0 Å². The molecule has 0 bridgehead atoms. The van der Waals surface area contributed by atoms with Gasteiger partial charge in [0.25, 0.3) is 0 Å². The molecule has 0 fully saturated rings. The summed E-state index contributed by atoms with van der Waals surface area (Å²) in [4.78, 5) is 12.2. The molecule has 17 heavy (non-hydrogen) atoms. The van der Waals surface area contributed by atoms with E-state index >= 15 is 0 Å². The monoisotopic (exact) mass is 261 g/mol. The zero-order chi connectivity index (χ0) is 13.4. The molecule has 0 aliphatic rings. The van der Waals surface area contributed by atoms with Gasteiger partial charge in [0, 0.05) is 12.6 Å². The van der Waals surface area contributed by atoms with Gasteiger partial charge in [-0.15, -0.1) is 11.8 Å². The highest BCUT2D eigenvalue weighted by Crippen LogP contribution is 2.20. The minimum Gasteiger partial charge on any atom is -0.396 e. The smallest absolute Gasteiger partial charge is 0.233 e. The number of carbonyl (C=O) groups excluding carboxylic acids is 1. The van der Waals surface area contributed by atoms with Crippen LogP contribution in [-0.2, 0) is 4.79 Å². The Morgan fingerprint density at radius 2 is 1.82 bits per heavy atom. The van der Waals surface area contributed by atoms with Crippen LogP contribution < -0.4 is 5.32 Å². The highest BCUT2D eigenvalue weighted by atomic mass is 32.2. The Labute approximate surface area is 110 Å². The van der Waals surface area contributed by atoms with Gasteiger partial charge in [0.05, 0.1) is 5.25 Å². The van der Waals surface area contributed by atoms with Crippen molar-refractivity contribution in [2.45, 2.75) is 52.3 Å². The molecular weight excluding hydrogens is 234 g/mol. The van der Waals surface area contributed by atoms with Gasteiger partial charge in [-0.3, -0.25) is 4.79 Å². The molecule has 2 N–H and O–H groups in total. The van der Waals surface area contributed by atoms with Crippen molar-refractivity contribution in [3.8, 4) is 0 Å². The molecule has 0 saturated heterocycles. The molecule has 0 spiro atoms. The lowest BCUT2D eigenvalue weighted by Crippen LogP contribution is -2.45. The second kappa shape index (κ2) is 8.81. The summed E-state index contributed by atoms with van der Waals surface area (Å²) in [5, 5.41) is 12.1. The molecule has 0 aromatic rings. The Balaban J connectivity index is 4.44. The lowest BCUT2D eigenvalue weighted by Gasteiger charge is -2.26. The zero-order valence-corrected chi connectivity index (χ0v) is 12.5. The van der Waals surface area contributed by atoms with Crippen molar-refractivity contribution >= 4 is 17.7 Å². The Morgan fingerprint density at radius 3 is 2.18 bits per heavy atom. The maximum absolute atomic E-state index is 12.2. The Kier molecular flexibility index (Phi) is 8.70. The van der Waals surface area contributed by atoms with Gasteiger partial charge < -0.3 is 10.4 Å². The molecule has 0 heterocycles. The highest BCUT2D eigenvalue weighted by molar-refractivity contribution is 8.00. The molecule has 0 aromatic heterocycles. The lowest BCUT2D eigenvalue weighted by atomic mass is 10.0. The number of thioether (sulfide) groups is 1. The first-order chi connectivity index (χ1) is 7.93. The van der Waals surface area contributed by atoms with E-state index in [1.54, 1.807) is 11.8 Å². The molecule has 0 rings (SSSR count). The average molecular weight is 261 g/mol. The largest absolute Gasteiger partial charge is 0.396 e. The minimum absolute atomic E-state index is 0.0138.